The summed E-state index contributed by atoms with van der Waals surface area (Å²) in [6.07, 6.45) is -0.228. The standard InChI is InChI=1S/C19H16F3N3OS/c1-11-2-4-12(5-3-11)25-9-7-13-15-14(24-10-19(20,21)22)6-8-23-17(15)27-16(13)18(25)26/h2-9,18,26H,10H2,1H3,(H,23,24). The number of thiophene rings is 1. The zero-order chi connectivity index (χ0) is 19.2. The number of aliphatic hydroxyl groups excluding tert-OH is 1. The van der Waals surface area contributed by atoms with Crippen LogP contribution in [0, 0.1) is 6.92 Å². The minimum atomic E-state index is -4.32. The van der Waals surface area contributed by atoms with Crippen molar-refractivity contribution < 1.29 is 18.3 Å². The number of alkyl halides is 3. The molecule has 27 heavy (non-hydrogen) atoms. The summed E-state index contributed by atoms with van der Waals surface area (Å²) in [6.45, 7) is 0.857. The van der Waals surface area contributed by atoms with Crippen LogP contribution in [-0.4, -0.2) is 22.8 Å². The van der Waals surface area contributed by atoms with Crippen molar-refractivity contribution in [2.24, 2.45) is 0 Å². The summed E-state index contributed by atoms with van der Waals surface area (Å²) in [7, 11) is 0. The summed E-state index contributed by atoms with van der Waals surface area (Å²) in [4.78, 5) is 7.23. The molecule has 0 spiro atoms. The van der Waals surface area contributed by atoms with E-state index in [1.165, 1.54) is 23.6 Å². The monoisotopic (exact) mass is 391 g/mol. The highest BCUT2D eigenvalue weighted by Crippen LogP contribution is 2.43. The van der Waals surface area contributed by atoms with Crippen LogP contribution in [-0.2, 0) is 0 Å². The molecule has 140 valence electrons. The van der Waals surface area contributed by atoms with Gasteiger partial charge in [0.2, 0.25) is 0 Å². The number of benzene rings is 1. The van der Waals surface area contributed by atoms with E-state index in [-0.39, 0.29) is 0 Å². The molecule has 0 bridgehead atoms. The van der Waals surface area contributed by atoms with Crippen LogP contribution in [0.1, 0.15) is 22.2 Å². The lowest BCUT2D eigenvalue weighted by atomic mass is 10.1. The number of hydrogen-bond acceptors (Lipinski definition) is 5. The molecule has 0 saturated carbocycles. The second-order valence-electron chi connectivity index (χ2n) is 6.32. The van der Waals surface area contributed by atoms with Crippen LogP contribution in [0.15, 0.2) is 42.7 Å². The number of rotatable bonds is 3. The molecule has 1 aliphatic heterocycles. The summed E-state index contributed by atoms with van der Waals surface area (Å²) in [6, 6.07) is 9.26. The summed E-state index contributed by atoms with van der Waals surface area (Å²) < 4.78 is 37.8. The van der Waals surface area contributed by atoms with Gasteiger partial charge in [-0.1, -0.05) is 17.7 Å². The Morgan fingerprint density at radius 1 is 1.22 bits per heavy atom. The Bertz CT molecular complexity index is 1010. The van der Waals surface area contributed by atoms with Crippen molar-refractivity contribution in [2.45, 2.75) is 19.3 Å². The number of halogens is 3. The van der Waals surface area contributed by atoms with E-state index < -0.39 is 18.9 Å². The maximum atomic E-state index is 12.6. The highest BCUT2D eigenvalue weighted by Gasteiger charge is 2.30. The van der Waals surface area contributed by atoms with Crippen molar-refractivity contribution in [2.75, 3.05) is 16.8 Å². The van der Waals surface area contributed by atoms with Gasteiger partial charge in [-0.2, -0.15) is 13.2 Å². The van der Waals surface area contributed by atoms with Gasteiger partial charge in [0.15, 0.2) is 6.23 Å². The zero-order valence-corrected chi connectivity index (χ0v) is 15.1. The molecule has 2 aromatic heterocycles. The molecule has 0 amide bonds. The third-order valence-electron chi connectivity index (χ3n) is 4.37. The summed E-state index contributed by atoms with van der Waals surface area (Å²) in [5.74, 6) is 0. The number of nitrogens with one attached hydrogen (secondary N) is 1. The molecule has 1 atom stereocenters. The average Bonchev–Trinajstić information content (AvgIpc) is 3.01. The Balaban J connectivity index is 1.74. The normalized spacial score (nSPS) is 16.6. The lowest BCUT2D eigenvalue weighted by molar-refractivity contribution is -0.115. The van der Waals surface area contributed by atoms with E-state index in [4.69, 9.17) is 0 Å². The first-order valence-electron chi connectivity index (χ1n) is 8.27. The second-order valence-corrected chi connectivity index (χ2v) is 7.35. The second kappa shape index (κ2) is 6.54. The van der Waals surface area contributed by atoms with Crippen LogP contribution in [0.2, 0.25) is 0 Å². The minimum absolute atomic E-state index is 0.357. The van der Waals surface area contributed by atoms with Crippen LogP contribution in [0.5, 0.6) is 0 Å². The first kappa shape index (κ1) is 17.8. The van der Waals surface area contributed by atoms with Crippen LogP contribution < -0.4 is 10.2 Å². The van der Waals surface area contributed by atoms with Crippen molar-refractivity contribution >= 4 is 39.0 Å². The fourth-order valence-corrected chi connectivity index (χ4v) is 4.21. The molecule has 2 N–H and O–H groups in total. The first-order chi connectivity index (χ1) is 12.8. The quantitative estimate of drug-likeness (QED) is 0.655. The van der Waals surface area contributed by atoms with Gasteiger partial charge in [-0.3, -0.25) is 0 Å². The van der Waals surface area contributed by atoms with Crippen molar-refractivity contribution in [3.05, 3.63) is 58.7 Å². The molecule has 4 rings (SSSR count). The maximum Gasteiger partial charge on any atom is 0.405 e. The van der Waals surface area contributed by atoms with E-state index >= 15 is 0 Å². The minimum Gasteiger partial charge on any atom is -0.376 e. The molecular weight excluding hydrogens is 375 g/mol. The fourth-order valence-electron chi connectivity index (χ4n) is 3.07. The van der Waals surface area contributed by atoms with Gasteiger partial charge in [0.25, 0.3) is 0 Å². The first-order valence-corrected chi connectivity index (χ1v) is 9.08. The third kappa shape index (κ3) is 3.38. The van der Waals surface area contributed by atoms with Crippen molar-refractivity contribution in [1.82, 2.24) is 4.98 Å². The Labute approximate surface area is 157 Å². The number of aliphatic hydroxyl groups is 1. The molecule has 3 heterocycles. The molecule has 1 unspecified atom stereocenters. The number of anilines is 2. The van der Waals surface area contributed by atoms with Gasteiger partial charge in [-0.15, -0.1) is 11.3 Å². The van der Waals surface area contributed by atoms with Gasteiger partial charge in [0, 0.05) is 34.7 Å². The average molecular weight is 391 g/mol. The lowest BCUT2D eigenvalue weighted by Gasteiger charge is -2.29. The van der Waals surface area contributed by atoms with Crippen molar-refractivity contribution in [1.29, 1.82) is 0 Å². The Kier molecular flexibility index (Phi) is 4.32. The SMILES string of the molecule is Cc1ccc(N2C=Cc3c(sc4nccc(NCC(F)(F)F)c34)C2O)cc1. The smallest absolute Gasteiger partial charge is 0.376 e. The number of nitrogens with zero attached hydrogens (tertiary/aromatic N) is 2. The number of hydrogen-bond donors (Lipinski definition) is 2. The van der Waals surface area contributed by atoms with E-state index in [1.54, 1.807) is 17.2 Å². The van der Waals surface area contributed by atoms with Gasteiger partial charge in [0.05, 0.1) is 4.88 Å². The van der Waals surface area contributed by atoms with E-state index in [0.717, 1.165) is 11.3 Å². The van der Waals surface area contributed by atoms with Gasteiger partial charge in [0.1, 0.15) is 11.4 Å². The summed E-state index contributed by atoms with van der Waals surface area (Å²) in [5.41, 5.74) is 3.00. The third-order valence-corrected chi connectivity index (χ3v) is 5.52. The maximum absolute atomic E-state index is 12.6. The van der Waals surface area contributed by atoms with Crippen LogP contribution >= 0.6 is 11.3 Å². The van der Waals surface area contributed by atoms with E-state index in [9.17, 15) is 18.3 Å². The van der Waals surface area contributed by atoms with Crippen molar-refractivity contribution in [3.63, 3.8) is 0 Å². The molecular formula is C19H16F3N3OS. The number of aromatic nitrogens is 1. The van der Waals surface area contributed by atoms with Gasteiger partial charge in [-0.05, 0) is 31.2 Å². The highest BCUT2D eigenvalue weighted by molar-refractivity contribution is 7.19. The molecule has 4 nitrogen and oxygen atoms in total. The predicted molar refractivity (Wildman–Crippen MR) is 102 cm³/mol. The molecule has 1 aromatic carbocycles. The van der Waals surface area contributed by atoms with Crippen molar-refractivity contribution in [3.8, 4) is 0 Å². The molecule has 3 aromatic rings. The fraction of sp³-hybridized carbons (Fsp3) is 0.211. The largest absolute Gasteiger partial charge is 0.405 e. The molecule has 0 aliphatic carbocycles. The predicted octanol–water partition coefficient (Wildman–Crippen LogP) is 5.06. The number of fused-ring (bicyclic) bond motifs is 3. The Hall–Kier alpha value is -2.58. The van der Waals surface area contributed by atoms with E-state index in [1.807, 2.05) is 31.2 Å². The number of aryl methyl sites for hydroxylation is 1. The Morgan fingerprint density at radius 3 is 2.67 bits per heavy atom. The Morgan fingerprint density at radius 2 is 1.96 bits per heavy atom. The van der Waals surface area contributed by atoms with Gasteiger partial charge >= 0.3 is 6.18 Å². The molecule has 0 radical (unpaired) electrons. The molecule has 0 saturated heterocycles. The molecule has 8 heteroatoms. The zero-order valence-electron chi connectivity index (χ0n) is 14.3. The highest BCUT2D eigenvalue weighted by atomic mass is 32.1. The van der Waals surface area contributed by atoms with Crippen LogP contribution in [0.4, 0.5) is 24.5 Å². The van der Waals surface area contributed by atoms with Gasteiger partial charge in [-0.25, -0.2) is 4.98 Å². The molecule has 1 aliphatic rings. The lowest BCUT2D eigenvalue weighted by Crippen LogP contribution is -2.25. The van der Waals surface area contributed by atoms with Crippen LogP contribution in [0.3, 0.4) is 0 Å². The topological polar surface area (TPSA) is 48.4 Å². The van der Waals surface area contributed by atoms with Crippen LogP contribution in [0.25, 0.3) is 16.3 Å². The van der Waals surface area contributed by atoms with E-state index in [0.29, 0.717) is 26.3 Å². The summed E-state index contributed by atoms with van der Waals surface area (Å²) in [5, 5.41) is 13.9. The summed E-state index contributed by atoms with van der Waals surface area (Å²) >= 11 is 1.28. The van der Waals surface area contributed by atoms with Gasteiger partial charge < -0.3 is 15.3 Å². The molecule has 0 fully saturated rings. The van der Waals surface area contributed by atoms with E-state index in [2.05, 4.69) is 10.3 Å². The number of pyridine rings is 1.